The van der Waals surface area contributed by atoms with Crippen molar-refractivity contribution < 1.29 is 19.8 Å². The first-order valence-corrected chi connectivity index (χ1v) is 14.9. The van der Waals surface area contributed by atoms with E-state index in [-0.39, 0.29) is 12.0 Å². The molecule has 4 N–H and O–H groups in total. The van der Waals surface area contributed by atoms with Crippen LogP contribution < -0.4 is 10.6 Å². The molecular weight excluding hydrogens is 528 g/mol. The Morgan fingerprint density at radius 2 is 1.49 bits per heavy atom. The fraction of sp³-hybridized carbons (Fsp3) is 0.355. The summed E-state index contributed by atoms with van der Waals surface area (Å²) in [7, 11) is 0. The van der Waals surface area contributed by atoms with Crippen LogP contribution in [0.4, 0.5) is 0 Å². The van der Waals surface area contributed by atoms with Gasteiger partial charge in [0, 0.05) is 27.3 Å². The second-order valence-corrected chi connectivity index (χ2v) is 12.6. The summed E-state index contributed by atoms with van der Waals surface area (Å²) in [5.74, 6) is -1.51. The van der Waals surface area contributed by atoms with E-state index in [1.165, 1.54) is 31.7 Å². The third-order valence-electron chi connectivity index (χ3n) is 7.22. The van der Waals surface area contributed by atoms with Crippen LogP contribution in [0.25, 0.3) is 10.8 Å². The van der Waals surface area contributed by atoms with Gasteiger partial charge in [-0.05, 0) is 79.3 Å². The molecule has 0 aliphatic heterocycles. The van der Waals surface area contributed by atoms with Crippen molar-refractivity contribution in [1.82, 2.24) is 10.6 Å². The van der Waals surface area contributed by atoms with Crippen molar-refractivity contribution in [2.24, 2.45) is 0 Å². The lowest BCUT2D eigenvalue weighted by molar-refractivity contribution is -0.140. The quantitative estimate of drug-likeness (QED) is 0.195. The van der Waals surface area contributed by atoms with E-state index in [0.29, 0.717) is 0 Å². The number of carboxylic acids is 2. The number of fused-ring (bicyclic) bond motifs is 2. The number of thiophene rings is 2. The van der Waals surface area contributed by atoms with Crippen molar-refractivity contribution in [1.29, 1.82) is 0 Å². The van der Waals surface area contributed by atoms with Crippen LogP contribution in [-0.4, -0.2) is 45.8 Å². The van der Waals surface area contributed by atoms with Gasteiger partial charge < -0.3 is 15.5 Å². The Morgan fingerprint density at radius 1 is 0.872 bits per heavy atom. The van der Waals surface area contributed by atoms with Gasteiger partial charge >= 0.3 is 11.9 Å². The summed E-state index contributed by atoms with van der Waals surface area (Å²) in [6.45, 7) is 7.56. The fourth-order valence-corrected chi connectivity index (χ4v) is 7.74. The van der Waals surface area contributed by atoms with E-state index in [1.54, 1.807) is 36.5 Å². The molecule has 0 spiro atoms. The standard InChI is InChI=1S/C19H21NO2S2.C12H15NO2/c1-12(18(21)22)20-19(2,3)16(15-9-6-10-23-15)17-14-8-5-4-7-13(14)11-24-17;1-8(12(14)15)13-11-6-9-4-2-3-5-10(9)7-11/h4-12,16,20H,1-3H3,(H,21,22);2-5,8,11,13H,6-7H2,1H3,(H,14,15). The van der Waals surface area contributed by atoms with Crippen LogP contribution in [0.2, 0.25) is 0 Å². The maximum atomic E-state index is 11.3. The van der Waals surface area contributed by atoms with E-state index in [1.807, 2.05) is 12.1 Å². The lowest BCUT2D eigenvalue weighted by atomic mass is 9.83. The van der Waals surface area contributed by atoms with E-state index in [2.05, 4.69) is 83.8 Å². The van der Waals surface area contributed by atoms with Crippen LogP contribution >= 0.6 is 22.7 Å². The van der Waals surface area contributed by atoms with Gasteiger partial charge in [0.2, 0.25) is 0 Å². The van der Waals surface area contributed by atoms with Crippen LogP contribution in [-0.2, 0) is 22.4 Å². The molecule has 0 bridgehead atoms. The molecule has 3 atom stereocenters. The Kier molecular flexibility index (Phi) is 9.23. The number of carbonyl (C=O) groups is 2. The number of carboxylic acid groups (broad SMARTS) is 2. The number of aliphatic carboxylic acids is 2. The minimum absolute atomic E-state index is 0.101. The second-order valence-electron chi connectivity index (χ2n) is 10.7. The van der Waals surface area contributed by atoms with Gasteiger partial charge in [0.15, 0.2) is 0 Å². The zero-order chi connectivity index (χ0) is 28.2. The normalized spacial score (nSPS) is 15.7. The summed E-state index contributed by atoms with van der Waals surface area (Å²) < 4.78 is 0. The fourth-order valence-electron chi connectivity index (χ4n) is 5.31. The molecule has 206 valence electrons. The number of hydrogen-bond donors (Lipinski definition) is 4. The average molecular weight is 565 g/mol. The molecule has 2 heterocycles. The van der Waals surface area contributed by atoms with Crippen molar-refractivity contribution in [3.05, 3.63) is 92.3 Å². The summed E-state index contributed by atoms with van der Waals surface area (Å²) in [5, 5.41) is 31.3. The lowest BCUT2D eigenvalue weighted by Gasteiger charge is -2.36. The molecule has 0 amide bonds. The summed E-state index contributed by atoms with van der Waals surface area (Å²) in [6, 6.07) is 20.1. The van der Waals surface area contributed by atoms with Gasteiger partial charge in [-0.2, -0.15) is 0 Å². The van der Waals surface area contributed by atoms with Crippen LogP contribution in [0, 0.1) is 0 Å². The number of hydrogen-bond acceptors (Lipinski definition) is 6. The highest BCUT2D eigenvalue weighted by atomic mass is 32.1. The molecule has 5 rings (SSSR count). The van der Waals surface area contributed by atoms with Crippen molar-refractivity contribution in [2.45, 2.75) is 70.1 Å². The lowest BCUT2D eigenvalue weighted by Crippen LogP contribution is -2.51. The highest BCUT2D eigenvalue weighted by Gasteiger charge is 2.37. The smallest absolute Gasteiger partial charge is 0.320 e. The SMILES string of the molecule is CC(NC(C)(C)C(c1cccs1)c1scc2ccccc12)C(=O)O.CC(NC1Cc2ccccc2C1)C(=O)O. The van der Waals surface area contributed by atoms with Gasteiger partial charge in [-0.3, -0.25) is 14.9 Å². The first-order valence-electron chi connectivity index (χ1n) is 13.1. The molecule has 1 aliphatic rings. The van der Waals surface area contributed by atoms with E-state index >= 15 is 0 Å². The largest absolute Gasteiger partial charge is 0.480 e. The monoisotopic (exact) mass is 564 g/mol. The Hall–Kier alpha value is -3.04. The maximum absolute atomic E-state index is 11.3. The molecule has 0 radical (unpaired) electrons. The summed E-state index contributed by atoms with van der Waals surface area (Å²) in [4.78, 5) is 24.6. The topological polar surface area (TPSA) is 98.7 Å². The minimum Gasteiger partial charge on any atom is -0.480 e. The molecule has 39 heavy (non-hydrogen) atoms. The van der Waals surface area contributed by atoms with E-state index < -0.39 is 29.6 Å². The van der Waals surface area contributed by atoms with Crippen molar-refractivity contribution in [3.63, 3.8) is 0 Å². The summed E-state index contributed by atoms with van der Waals surface area (Å²) >= 11 is 3.47. The predicted octanol–water partition coefficient (Wildman–Crippen LogP) is 6.15. The molecule has 3 unspecified atom stereocenters. The first kappa shape index (κ1) is 29.0. The van der Waals surface area contributed by atoms with Crippen LogP contribution in [0.3, 0.4) is 0 Å². The average Bonchev–Trinajstić information content (AvgIpc) is 3.64. The Morgan fingerprint density at radius 3 is 2.08 bits per heavy atom. The number of rotatable bonds is 9. The molecule has 6 nitrogen and oxygen atoms in total. The third-order valence-corrected chi connectivity index (χ3v) is 9.24. The Balaban J connectivity index is 0.000000202. The van der Waals surface area contributed by atoms with Crippen molar-refractivity contribution in [2.75, 3.05) is 0 Å². The molecule has 8 heteroatoms. The van der Waals surface area contributed by atoms with E-state index in [0.717, 1.165) is 12.8 Å². The van der Waals surface area contributed by atoms with Gasteiger partial charge in [0.05, 0.1) is 0 Å². The molecule has 0 saturated carbocycles. The molecule has 0 fully saturated rings. The molecule has 4 aromatic rings. The maximum Gasteiger partial charge on any atom is 0.320 e. The molecule has 1 aliphatic carbocycles. The van der Waals surface area contributed by atoms with Crippen LogP contribution in [0.1, 0.15) is 54.5 Å². The molecule has 2 aromatic carbocycles. The second kappa shape index (κ2) is 12.4. The first-order chi connectivity index (χ1) is 18.6. The van der Waals surface area contributed by atoms with Crippen LogP contribution in [0.5, 0.6) is 0 Å². The Labute approximate surface area is 237 Å². The zero-order valence-electron chi connectivity index (χ0n) is 22.7. The third kappa shape index (κ3) is 6.94. The van der Waals surface area contributed by atoms with E-state index in [4.69, 9.17) is 5.11 Å². The number of nitrogens with one attached hydrogen (secondary N) is 2. The minimum atomic E-state index is -0.830. The van der Waals surface area contributed by atoms with Gasteiger partial charge in [-0.1, -0.05) is 54.6 Å². The zero-order valence-corrected chi connectivity index (χ0v) is 24.3. The highest BCUT2D eigenvalue weighted by Crippen LogP contribution is 2.43. The summed E-state index contributed by atoms with van der Waals surface area (Å²) in [6.07, 6.45) is 1.88. The molecule has 0 saturated heterocycles. The van der Waals surface area contributed by atoms with E-state index in [9.17, 15) is 14.7 Å². The molecule has 2 aromatic heterocycles. The van der Waals surface area contributed by atoms with Crippen molar-refractivity contribution in [3.8, 4) is 0 Å². The van der Waals surface area contributed by atoms with Gasteiger partial charge in [-0.15, -0.1) is 22.7 Å². The van der Waals surface area contributed by atoms with Gasteiger partial charge in [0.1, 0.15) is 12.1 Å². The summed E-state index contributed by atoms with van der Waals surface area (Å²) in [5.41, 5.74) is 2.29. The number of benzene rings is 2. The predicted molar refractivity (Wildman–Crippen MR) is 160 cm³/mol. The Bertz CT molecular complexity index is 1390. The van der Waals surface area contributed by atoms with Crippen molar-refractivity contribution >= 4 is 45.4 Å². The highest BCUT2D eigenvalue weighted by molar-refractivity contribution is 7.12. The van der Waals surface area contributed by atoms with Gasteiger partial charge in [0.25, 0.3) is 0 Å². The van der Waals surface area contributed by atoms with Crippen LogP contribution in [0.15, 0.2) is 71.4 Å². The molecular formula is C31H36N2O4S2. The van der Waals surface area contributed by atoms with Gasteiger partial charge in [-0.25, -0.2) is 0 Å².